The van der Waals surface area contributed by atoms with Crippen LogP contribution in [0.4, 0.5) is 0 Å². The highest BCUT2D eigenvalue weighted by Gasteiger charge is 2.21. The molecule has 5 nitrogen and oxygen atoms in total. The lowest BCUT2D eigenvalue weighted by Gasteiger charge is -2.27. The third-order valence-corrected chi connectivity index (χ3v) is 4.04. The molecule has 1 aliphatic rings. The second-order valence-electron chi connectivity index (χ2n) is 5.62. The molecule has 1 heterocycles. The topological polar surface area (TPSA) is 82.5 Å². The van der Waals surface area contributed by atoms with Gasteiger partial charge in [-0.2, -0.15) is 0 Å². The summed E-state index contributed by atoms with van der Waals surface area (Å²) in [5.74, 6) is 0.551. The first-order valence-electron chi connectivity index (χ1n) is 7.14. The highest BCUT2D eigenvalue weighted by molar-refractivity contribution is 5.96. The van der Waals surface area contributed by atoms with Gasteiger partial charge in [0.05, 0.1) is 11.8 Å². The van der Waals surface area contributed by atoms with Gasteiger partial charge in [0.15, 0.2) is 0 Å². The number of carbonyl (C=O) groups is 1. The number of amides is 1. The smallest absolute Gasteiger partial charge is 0.255 e. The van der Waals surface area contributed by atoms with Crippen molar-refractivity contribution >= 4 is 5.91 Å². The number of nitrogens with one attached hydrogen (secondary N) is 1. The molecule has 1 fully saturated rings. The van der Waals surface area contributed by atoms with Crippen LogP contribution in [0, 0.1) is 18.8 Å². The average Bonchev–Trinajstić information content (AvgIpc) is 2.47. The zero-order chi connectivity index (χ0) is 14.5. The largest absolute Gasteiger partial charge is 0.505 e. The molecule has 5 heteroatoms. The summed E-state index contributed by atoms with van der Waals surface area (Å²) in [5.41, 5.74) is 0.984. The van der Waals surface area contributed by atoms with Gasteiger partial charge < -0.3 is 15.5 Å². The quantitative estimate of drug-likeness (QED) is 0.781. The summed E-state index contributed by atoms with van der Waals surface area (Å²) in [6.45, 7) is 2.67. The predicted octanol–water partition coefficient (Wildman–Crippen LogP) is 1.62. The lowest BCUT2D eigenvalue weighted by molar-refractivity contribution is 0.0934. The van der Waals surface area contributed by atoms with Crippen molar-refractivity contribution < 1.29 is 15.0 Å². The van der Waals surface area contributed by atoms with Gasteiger partial charge in [-0.15, -0.1) is 0 Å². The molecule has 3 N–H and O–H groups in total. The van der Waals surface area contributed by atoms with Gasteiger partial charge >= 0.3 is 0 Å². The normalized spacial score (nSPS) is 22.5. The summed E-state index contributed by atoms with van der Waals surface area (Å²) in [4.78, 5) is 16.0. The van der Waals surface area contributed by atoms with E-state index in [9.17, 15) is 9.90 Å². The van der Waals surface area contributed by atoms with Gasteiger partial charge in [0, 0.05) is 18.8 Å². The Morgan fingerprint density at radius 1 is 1.35 bits per heavy atom. The predicted molar refractivity (Wildman–Crippen MR) is 75.5 cm³/mol. The summed E-state index contributed by atoms with van der Waals surface area (Å²) < 4.78 is 0. The van der Waals surface area contributed by atoms with Crippen LogP contribution >= 0.6 is 0 Å². The zero-order valence-corrected chi connectivity index (χ0v) is 11.8. The summed E-state index contributed by atoms with van der Waals surface area (Å²) >= 11 is 0. The Labute approximate surface area is 119 Å². The van der Waals surface area contributed by atoms with Gasteiger partial charge in [-0.05, 0) is 50.5 Å². The third-order valence-electron chi connectivity index (χ3n) is 4.04. The number of aromatic hydroxyl groups is 1. The second kappa shape index (κ2) is 6.70. The van der Waals surface area contributed by atoms with E-state index in [1.165, 1.54) is 6.20 Å². The number of aromatic nitrogens is 1. The first kappa shape index (κ1) is 14.8. The maximum absolute atomic E-state index is 12.0. The van der Waals surface area contributed by atoms with Crippen molar-refractivity contribution in [1.29, 1.82) is 0 Å². The molecule has 1 amide bonds. The number of rotatable bonds is 4. The van der Waals surface area contributed by atoms with E-state index in [1.54, 1.807) is 13.0 Å². The highest BCUT2D eigenvalue weighted by atomic mass is 16.3. The van der Waals surface area contributed by atoms with Crippen LogP contribution in [0.3, 0.4) is 0 Å². The molecule has 0 unspecified atom stereocenters. The molecule has 1 aromatic heterocycles. The van der Waals surface area contributed by atoms with Crippen LogP contribution < -0.4 is 5.32 Å². The van der Waals surface area contributed by atoms with Gasteiger partial charge in [-0.1, -0.05) is 0 Å². The standard InChI is InChI=1S/C15H22N2O3/c1-10-6-13(14(19)8-16-10)15(20)17-7-11-2-4-12(9-18)5-3-11/h6,8,11-12,18-19H,2-5,7,9H2,1H3,(H,17,20). The van der Waals surface area contributed by atoms with Crippen LogP contribution in [0.15, 0.2) is 12.3 Å². The molecule has 0 radical (unpaired) electrons. The number of nitrogens with zero attached hydrogens (tertiary/aromatic N) is 1. The number of carbonyl (C=O) groups excluding carboxylic acids is 1. The Bertz CT molecular complexity index is 468. The van der Waals surface area contributed by atoms with E-state index in [2.05, 4.69) is 10.3 Å². The summed E-state index contributed by atoms with van der Waals surface area (Å²) in [6.07, 6.45) is 5.42. The lowest BCUT2D eigenvalue weighted by Crippen LogP contribution is -2.31. The Morgan fingerprint density at radius 3 is 2.65 bits per heavy atom. The van der Waals surface area contributed by atoms with Gasteiger partial charge in [-0.3, -0.25) is 9.78 Å². The molecule has 20 heavy (non-hydrogen) atoms. The Balaban J connectivity index is 1.85. The molecule has 2 rings (SSSR count). The van der Waals surface area contributed by atoms with Crippen molar-refractivity contribution in [3.05, 3.63) is 23.5 Å². The maximum Gasteiger partial charge on any atom is 0.255 e. The molecule has 1 aliphatic carbocycles. The minimum absolute atomic E-state index is 0.0860. The Morgan fingerprint density at radius 2 is 2.00 bits per heavy atom. The van der Waals surface area contributed by atoms with E-state index in [0.29, 0.717) is 24.1 Å². The van der Waals surface area contributed by atoms with E-state index in [0.717, 1.165) is 25.7 Å². The Hall–Kier alpha value is -1.62. The van der Waals surface area contributed by atoms with Crippen molar-refractivity contribution in [1.82, 2.24) is 10.3 Å². The van der Waals surface area contributed by atoms with Crippen LogP contribution in [0.25, 0.3) is 0 Å². The molecule has 1 aromatic rings. The van der Waals surface area contributed by atoms with E-state index in [-0.39, 0.29) is 23.8 Å². The van der Waals surface area contributed by atoms with Crippen LogP contribution in [-0.2, 0) is 0 Å². The van der Waals surface area contributed by atoms with Crippen molar-refractivity contribution in [3.63, 3.8) is 0 Å². The monoisotopic (exact) mass is 278 g/mol. The van der Waals surface area contributed by atoms with E-state index < -0.39 is 0 Å². The first-order valence-corrected chi connectivity index (χ1v) is 7.14. The molecule has 0 saturated heterocycles. The minimum Gasteiger partial charge on any atom is -0.505 e. The van der Waals surface area contributed by atoms with Crippen molar-refractivity contribution in [2.75, 3.05) is 13.2 Å². The van der Waals surface area contributed by atoms with Crippen LogP contribution in [0.1, 0.15) is 41.7 Å². The lowest BCUT2D eigenvalue weighted by atomic mass is 9.82. The molecule has 0 aliphatic heterocycles. The first-order chi connectivity index (χ1) is 9.60. The van der Waals surface area contributed by atoms with Crippen LogP contribution in [-0.4, -0.2) is 34.3 Å². The minimum atomic E-state index is -0.253. The summed E-state index contributed by atoms with van der Waals surface area (Å²) in [5, 5.41) is 21.6. The molecular weight excluding hydrogens is 256 g/mol. The van der Waals surface area contributed by atoms with Crippen molar-refractivity contribution in [2.45, 2.75) is 32.6 Å². The number of aliphatic hydroxyl groups is 1. The number of hydrogen-bond donors (Lipinski definition) is 3. The van der Waals surface area contributed by atoms with Crippen molar-refractivity contribution in [2.24, 2.45) is 11.8 Å². The van der Waals surface area contributed by atoms with Crippen LogP contribution in [0.2, 0.25) is 0 Å². The molecule has 0 atom stereocenters. The van der Waals surface area contributed by atoms with E-state index in [4.69, 9.17) is 5.11 Å². The maximum atomic E-state index is 12.0. The SMILES string of the molecule is Cc1cc(C(=O)NCC2CCC(CO)CC2)c(O)cn1. The fourth-order valence-corrected chi connectivity index (χ4v) is 2.68. The molecule has 110 valence electrons. The fourth-order valence-electron chi connectivity index (χ4n) is 2.68. The van der Waals surface area contributed by atoms with Gasteiger partial charge in [0.2, 0.25) is 0 Å². The summed E-state index contributed by atoms with van der Waals surface area (Å²) in [7, 11) is 0. The van der Waals surface area contributed by atoms with Gasteiger partial charge in [0.1, 0.15) is 5.75 Å². The third kappa shape index (κ3) is 3.70. The number of pyridine rings is 1. The average molecular weight is 278 g/mol. The molecule has 1 saturated carbocycles. The number of hydrogen-bond acceptors (Lipinski definition) is 4. The van der Waals surface area contributed by atoms with E-state index in [1.807, 2.05) is 0 Å². The highest BCUT2D eigenvalue weighted by Crippen LogP contribution is 2.28. The molecule has 0 bridgehead atoms. The Kier molecular flexibility index (Phi) is 4.95. The number of aliphatic hydroxyl groups excluding tert-OH is 1. The molecule has 0 aromatic carbocycles. The fraction of sp³-hybridized carbons (Fsp3) is 0.600. The molecule has 0 spiro atoms. The summed E-state index contributed by atoms with van der Waals surface area (Å²) in [6, 6.07) is 1.59. The van der Waals surface area contributed by atoms with Gasteiger partial charge in [-0.25, -0.2) is 0 Å². The van der Waals surface area contributed by atoms with Crippen LogP contribution in [0.5, 0.6) is 5.75 Å². The number of aryl methyl sites for hydroxylation is 1. The van der Waals surface area contributed by atoms with Crippen molar-refractivity contribution in [3.8, 4) is 5.75 Å². The zero-order valence-electron chi connectivity index (χ0n) is 11.8. The van der Waals surface area contributed by atoms with E-state index >= 15 is 0 Å². The molecular formula is C15H22N2O3. The van der Waals surface area contributed by atoms with Gasteiger partial charge in [0.25, 0.3) is 5.91 Å². The second-order valence-corrected chi connectivity index (χ2v) is 5.62.